The Balaban J connectivity index is 1.33. The van der Waals surface area contributed by atoms with Crippen molar-refractivity contribution >= 4 is 39.8 Å². The van der Waals surface area contributed by atoms with Gasteiger partial charge in [0.25, 0.3) is 5.91 Å². The number of aromatic nitrogens is 2. The molecule has 3 aliphatic rings. The molecular weight excluding hydrogens is 604 g/mol. The third-order valence-corrected chi connectivity index (χ3v) is 9.15. The van der Waals surface area contributed by atoms with Crippen molar-refractivity contribution < 1.29 is 23.0 Å². The number of amides is 1. The van der Waals surface area contributed by atoms with Crippen molar-refractivity contribution in [2.75, 3.05) is 62.8 Å². The lowest BCUT2D eigenvalue weighted by molar-refractivity contribution is -0.131. The molecule has 45 heavy (non-hydrogen) atoms. The molecule has 2 saturated heterocycles. The van der Waals surface area contributed by atoms with E-state index in [0.29, 0.717) is 50.4 Å². The summed E-state index contributed by atoms with van der Waals surface area (Å²) in [6, 6.07) is 8.61. The molecule has 0 radical (unpaired) electrons. The molecule has 6 rings (SSSR count). The Bertz CT molecular complexity index is 1670. The van der Waals surface area contributed by atoms with Crippen molar-refractivity contribution in [2.24, 2.45) is 0 Å². The molecule has 1 aromatic heterocycles. The van der Waals surface area contributed by atoms with E-state index < -0.39 is 23.6 Å². The summed E-state index contributed by atoms with van der Waals surface area (Å²) in [6.45, 7) is 13.6. The van der Waals surface area contributed by atoms with Crippen LogP contribution in [0.2, 0.25) is 5.02 Å². The molecule has 1 amide bonds. The number of rotatable bonds is 8. The summed E-state index contributed by atoms with van der Waals surface area (Å²) in [5, 5.41) is 4.96. The van der Waals surface area contributed by atoms with Crippen molar-refractivity contribution in [3.8, 4) is 6.01 Å². The number of fused-ring (bicyclic) bond motifs is 2. The molecule has 0 bridgehead atoms. The maximum atomic E-state index is 14.5. The number of benzene rings is 2. The fraction of sp³-hybridized carbons (Fsp3) is 0.438. The highest BCUT2D eigenvalue weighted by molar-refractivity contribution is 6.36. The molecule has 0 unspecified atom stereocenters. The van der Waals surface area contributed by atoms with E-state index >= 15 is 0 Å². The highest BCUT2D eigenvalue weighted by atomic mass is 35.5. The van der Waals surface area contributed by atoms with Gasteiger partial charge in [0, 0.05) is 62.5 Å². The van der Waals surface area contributed by atoms with Gasteiger partial charge in [-0.15, -0.1) is 0 Å². The van der Waals surface area contributed by atoms with Crippen LogP contribution < -0.4 is 19.9 Å². The number of methoxy groups -OCH3 is 1. The third-order valence-electron chi connectivity index (χ3n) is 8.78. The topological polar surface area (TPSA) is 87.4 Å². The van der Waals surface area contributed by atoms with Gasteiger partial charge in [0.1, 0.15) is 24.3 Å². The number of ether oxygens (including phenoxy) is 2. The normalized spacial score (nSPS) is 21.5. The Kier molecular flexibility index (Phi) is 9.03. The van der Waals surface area contributed by atoms with Crippen LogP contribution >= 0.6 is 11.6 Å². The van der Waals surface area contributed by atoms with Gasteiger partial charge in [-0.1, -0.05) is 36.4 Å². The van der Waals surface area contributed by atoms with Crippen LogP contribution in [0.25, 0.3) is 15.6 Å². The highest BCUT2D eigenvalue weighted by Crippen LogP contribution is 2.38. The fourth-order valence-corrected chi connectivity index (χ4v) is 6.74. The number of nitrogens with zero attached hydrogens (tertiary/aromatic N) is 6. The number of hydrogen-bond donors (Lipinski definition) is 1. The van der Waals surface area contributed by atoms with Crippen LogP contribution in [0.5, 0.6) is 6.01 Å². The van der Waals surface area contributed by atoms with Crippen LogP contribution in [0.15, 0.2) is 42.7 Å². The molecule has 3 atom stereocenters. The zero-order valence-electron chi connectivity index (χ0n) is 24.9. The van der Waals surface area contributed by atoms with Crippen LogP contribution in [0.3, 0.4) is 0 Å². The maximum Gasteiger partial charge on any atom is 0.318 e. The van der Waals surface area contributed by atoms with Crippen LogP contribution in [-0.2, 0) is 22.5 Å². The molecule has 2 aromatic carbocycles. The Morgan fingerprint density at radius 1 is 1.22 bits per heavy atom. The minimum atomic E-state index is -1.04. The van der Waals surface area contributed by atoms with E-state index in [-0.39, 0.29) is 36.3 Å². The van der Waals surface area contributed by atoms with E-state index in [2.05, 4.69) is 21.6 Å². The second-order valence-corrected chi connectivity index (χ2v) is 11.9. The Hall–Kier alpha value is -4.05. The monoisotopic (exact) mass is 637 g/mol. The molecule has 10 nitrogen and oxygen atoms in total. The van der Waals surface area contributed by atoms with E-state index in [1.165, 1.54) is 11.0 Å². The Morgan fingerprint density at radius 3 is 2.82 bits per heavy atom. The number of carbonyl (C=O) groups is 1. The van der Waals surface area contributed by atoms with E-state index in [1.54, 1.807) is 13.2 Å². The molecule has 3 aromatic rings. The summed E-state index contributed by atoms with van der Waals surface area (Å²) >= 11 is 6.47. The number of piperazine rings is 1. The van der Waals surface area contributed by atoms with Crippen LogP contribution in [0.4, 0.5) is 20.3 Å². The van der Waals surface area contributed by atoms with Gasteiger partial charge in [-0.05, 0) is 30.4 Å². The molecule has 3 aliphatic heterocycles. The van der Waals surface area contributed by atoms with Gasteiger partial charge in [0.2, 0.25) is 6.54 Å². The lowest BCUT2D eigenvalue weighted by Crippen LogP contribution is -2.57. The highest BCUT2D eigenvalue weighted by Gasteiger charge is 2.36. The summed E-state index contributed by atoms with van der Waals surface area (Å²) in [4.78, 5) is 31.3. The Labute approximate surface area is 265 Å². The number of carbonyl (C=O) groups excluding carboxylic acids is 1. The minimum Gasteiger partial charge on any atom is -0.462 e. The summed E-state index contributed by atoms with van der Waals surface area (Å²) < 4.78 is 40.0. The predicted molar refractivity (Wildman–Crippen MR) is 168 cm³/mol. The number of hydrogen-bond acceptors (Lipinski definition) is 8. The van der Waals surface area contributed by atoms with Crippen LogP contribution in [0.1, 0.15) is 17.7 Å². The molecule has 0 spiro atoms. The first-order valence-electron chi connectivity index (χ1n) is 14.9. The molecular formula is C32H34ClF2N7O3. The zero-order chi connectivity index (χ0) is 31.7. The summed E-state index contributed by atoms with van der Waals surface area (Å²) in [7, 11) is 1.69. The number of anilines is 2. The van der Waals surface area contributed by atoms with E-state index in [4.69, 9.17) is 37.6 Å². The van der Waals surface area contributed by atoms with Crippen molar-refractivity contribution in [1.29, 1.82) is 0 Å². The smallest absolute Gasteiger partial charge is 0.318 e. The predicted octanol–water partition coefficient (Wildman–Crippen LogP) is 4.16. The van der Waals surface area contributed by atoms with E-state index in [0.717, 1.165) is 35.3 Å². The van der Waals surface area contributed by atoms with Gasteiger partial charge in [0.05, 0.1) is 23.4 Å². The van der Waals surface area contributed by atoms with Gasteiger partial charge < -0.3 is 34.3 Å². The quantitative estimate of drug-likeness (QED) is 0.291. The van der Waals surface area contributed by atoms with Crippen LogP contribution in [-0.4, -0.2) is 91.9 Å². The van der Waals surface area contributed by atoms with Gasteiger partial charge in [-0.2, -0.15) is 9.97 Å². The lowest BCUT2D eigenvalue weighted by Gasteiger charge is -2.41. The van der Waals surface area contributed by atoms with Crippen LogP contribution in [0, 0.1) is 12.4 Å². The second kappa shape index (κ2) is 13.1. The largest absolute Gasteiger partial charge is 0.462 e. The molecule has 13 heteroatoms. The van der Waals surface area contributed by atoms with Gasteiger partial charge in [-0.3, -0.25) is 4.79 Å². The summed E-state index contributed by atoms with van der Waals surface area (Å²) in [6.07, 6.45) is 1.50. The Morgan fingerprint density at radius 2 is 2.07 bits per heavy atom. The average molecular weight is 638 g/mol. The van der Waals surface area contributed by atoms with Gasteiger partial charge in [0.15, 0.2) is 5.83 Å². The molecule has 4 heterocycles. The van der Waals surface area contributed by atoms with Crippen molar-refractivity contribution in [2.45, 2.75) is 37.6 Å². The van der Waals surface area contributed by atoms with Crippen molar-refractivity contribution in [3.63, 3.8) is 0 Å². The average Bonchev–Trinajstić information content (AvgIpc) is 3.52. The lowest BCUT2D eigenvalue weighted by atomic mass is 10.0. The molecule has 2 fully saturated rings. The fourth-order valence-electron chi connectivity index (χ4n) is 6.47. The summed E-state index contributed by atoms with van der Waals surface area (Å²) in [5.41, 5.74) is 2.50. The number of nitrogens with one attached hydrogen (secondary N) is 1. The SMILES string of the molecule is [C-]#[N+]C[C@H]1CN(c2nc(OC[C@@H]3C[C@@H](OC)CN3)nc3c2CCN(c2cccc4ccc(F)c(Cl)c24)C3)CCN1C(=O)C(=C)F. The molecule has 0 aliphatic carbocycles. The molecule has 0 saturated carbocycles. The first-order chi connectivity index (χ1) is 21.8. The number of halogens is 3. The molecule has 1 N–H and O–H groups in total. The summed E-state index contributed by atoms with van der Waals surface area (Å²) in [5.74, 6) is -1.64. The van der Waals surface area contributed by atoms with Gasteiger partial charge >= 0.3 is 6.01 Å². The first kappa shape index (κ1) is 31.0. The first-order valence-corrected chi connectivity index (χ1v) is 15.3. The zero-order valence-corrected chi connectivity index (χ0v) is 25.7. The standard InChI is InChI=1S/C32H34ClF2N7O3/c1-19(34)31(43)42-12-11-41(16-22(42)14-36-2)30-24-9-10-40(27-6-4-5-20-7-8-25(35)29(33)28(20)27)17-26(24)38-32(39-30)45-18-21-13-23(44-3)15-37-21/h4-8,21-23,37H,1,9-18H2,3H3/t21-,22-,23+/m0/s1. The van der Waals surface area contributed by atoms with Crippen molar-refractivity contribution in [1.82, 2.24) is 20.2 Å². The maximum absolute atomic E-state index is 14.5. The van der Waals surface area contributed by atoms with E-state index in [1.807, 2.05) is 23.1 Å². The van der Waals surface area contributed by atoms with Crippen molar-refractivity contribution in [3.05, 3.63) is 76.3 Å². The van der Waals surface area contributed by atoms with E-state index in [9.17, 15) is 13.6 Å². The molecule has 236 valence electrons. The third kappa shape index (κ3) is 6.25. The second-order valence-electron chi connectivity index (χ2n) is 11.5. The van der Waals surface area contributed by atoms with Gasteiger partial charge in [-0.25, -0.2) is 15.4 Å². The minimum absolute atomic E-state index is 0.0202.